The second-order valence-electron chi connectivity index (χ2n) is 2.71. The number of carbonyl (C=O) groups is 2. The van der Waals surface area contributed by atoms with Crippen LogP contribution in [0.3, 0.4) is 0 Å². The molecule has 5 heteroatoms. The van der Waals surface area contributed by atoms with E-state index in [1.165, 1.54) is 0 Å². The molecule has 3 N–H and O–H groups in total. The molecule has 0 radical (unpaired) electrons. The van der Waals surface area contributed by atoms with Crippen molar-refractivity contribution in [2.75, 3.05) is 6.54 Å². The highest BCUT2D eigenvalue weighted by Crippen LogP contribution is 1.96. The number of hydrogen-bond donors (Lipinski definition) is 3. The molecule has 0 aromatic carbocycles. The van der Waals surface area contributed by atoms with Crippen molar-refractivity contribution < 1.29 is 14.7 Å². The van der Waals surface area contributed by atoms with E-state index in [0.29, 0.717) is 12.8 Å². The van der Waals surface area contributed by atoms with E-state index in [1.54, 1.807) is 0 Å². The first-order valence-corrected chi connectivity index (χ1v) is 4.32. The van der Waals surface area contributed by atoms with Gasteiger partial charge in [0.1, 0.15) is 6.04 Å². The van der Waals surface area contributed by atoms with Gasteiger partial charge in [-0.3, -0.25) is 0 Å². The number of urea groups is 1. The third-order valence-corrected chi connectivity index (χ3v) is 1.53. The van der Waals surface area contributed by atoms with E-state index in [-0.39, 0.29) is 6.54 Å². The highest BCUT2D eigenvalue weighted by atomic mass is 16.4. The van der Waals surface area contributed by atoms with Crippen molar-refractivity contribution in [2.45, 2.75) is 25.8 Å². The SMILES string of the molecule is C#CCNC(=O)N[C@@H](CCC)C(=O)O. The highest BCUT2D eigenvalue weighted by Gasteiger charge is 2.17. The Morgan fingerprint density at radius 2 is 2.21 bits per heavy atom. The van der Waals surface area contributed by atoms with Gasteiger partial charge in [0, 0.05) is 0 Å². The number of hydrogen-bond acceptors (Lipinski definition) is 2. The van der Waals surface area contributed by atoms with Crippen LogP contribution in [0.15, 0.2) is 0 Å². The zero-order chi connectivity index (χ0) is 11.0. The van der Waals surface area contributed by atoms with Crippen molar-refractivity contribution >= 4 is 12.0 Å². The van der Waals surface area contributed by atoms with Crippen LogP contribution in [-0.2, 0) is 4.79 Å². The fourth-order valence-electron chi connectivity index (χ4n) is 0.887. The van der Waals surface area contributed by atoms with Crippen molar-refractivity contribution in [3.63, 3.8) is 0 Å². The van der Waals surface area contributed by atoms with Crippen LogP contribution in [0.25, 0.3) is 0 Å². The number of terminal acetylenes is 1. The lowest BCUT2D eigenvalue weighted by molar-refractivity contribution is -0.139. The molecular weight excluding hydrogens is 184 g/mol. The molecule has 0 fully saturated rings. The van der Waals surface area contributed by atoms with Gasteiger partial charge in [-0.15, -0.1) is 6.42 Å². The van der Waals surface area contributed by atoms with Crippen molar-refractivity contribution in [1.29, 1.82) is 0 Å². The number of nitrogens with one attached hydrogen (secondary N) is 2. The predicted octanol–water partition coefficient (Wildman–Crippen LogP) is 0.172. The van der Waals surface area contributed by atoms with Crippen molar-refractivity contribution in [3.8, 4) is 12.3 Å². The van der Waals surface area contributed by atoms with Crippen molar-refractivity contribution in [2.24, 2.45) is 0 Å². The molecule has 0 spiro atoms. The fraction of sp³-hybridized carbons (Fsp3) is 0.556. The molecule has 0 aliphatic heterocycles. The molecule has 0 bridgehead atoms. The molecule has 2 amide bonds. The summed E-state index contributed by atoms with van der Waals surface area (Å²) in [5, 5.41) is 13.3. The predicted molar refractivity (Wildman–Crippen MR) is 51.7 cm³/mol. The normalized spacial score (nSPS) is 11.1. The number of carboxylic acids is 1. The minimum atomic E-state index is -1.04. The van der Waals surface area contributed by atoms with Gasteiger partial charge in [-0.05, 0) is 6.42 Å². The van der Waals surface area contributed by atoms with Gasteiger partial charge in [0.25, 0.3) is 0 Å². The first kappa shape index (κ1) is 12.3. The number of amides is 2. The van der Waals surface area contributed by atoms with Gasteiger partial charge in [-0.2, -0.15) is 0 Å². The standard InChI is InChI=1S/C9H14N2O3/c1-3-5-7(8(12)13)11-9(14)10-6-4-2/h2,7H,3,5-6H2,1H3,(H,12,13)(H2,10,11,14)/t7-/m0/s1. The summed E-state index contributed by atoms with van der Waals surface area (Å²) >= 11 is 0. The Kier molecular flexibility index (Phi) is 5.95. The fourth-order valence-corrected chi connectivity index (χ4v) is 0.887. The lowest BCUT2D eigenvalue weighted by Gasteiger charge is -2.13. The molecule has 0 aliphatic carbocycles. The largest absolute Gasteiger partial charge is 0.480 e. The maximum atomic E-state index is 11.0. The van der Waals surface area contributed by atoms with Crippen molar-refractivity contribution in [3.05, 3.63) is 0 Å². The van der Waals surface area contributed by atoms with Crippen LogP contribution < -0.4 is 10.6 Å². The lowest BCUT2D eigenvalue weighted by atomic mass is 10.2. The average molecular weight is 198 g/mol. The van der Waals surface area contributed by atoms with E-state index in [1.807, 2.05) is 6.92 Å². The summed E-state index contributed by atoms with van der Waals surface area (Å²) < 4.78 is 0. The summed E-state index contributed by atoms with van der Waals surface area (Å²) in [6.45, 7) is 1.93. The lowest BCUT2D eigenvalue weighted by Crippen LogP contribution is -2.46. The summed E-state index contributed by atoms with van der Waals surface area (Å²) in [6.07, 6.45) is 6.01. The smallest absolute Gasteiger partial charge is 0.326 e. The monoisotopic (exact) mass is 198 g/mol. The first-order valence-electron chi connectivity index (χ1n) is 4.32. The Labute approximate surface area is 82.9 Å². The molecule has 0 aromatic rings. The van der Waals surface area contributed by atoms with Crippen LogP contribution in [0, 0.1) is 12.3 Å². The number of rotatable bonds is 5. The number of aliphatic carboxylic acids is 1. The molecule has 0 saturated carbocycles. The second-order valence-corrected chi connectivity index (χ2v) is 2.71. The number of carbonyl (C=O) groups excluding carboxylic acids is 1. The first-order chi connectivity index (χ1) is 6.61. The Bertz CT molecular complexity index is 245. The van der Waals surface area contributed by atoms with Gasteiger partial charge in [0.15, 0.2) is 0 Å². The highest BCUT2D eigenvalue weighted by molar-refractivity contribution is 5.82. The van der Waals surface area contributed by atoms with Gasteiger partial charge in [-0.1, -0.05) is 19.3 Å². The van der Waals surface area contributed by atoms with Gasteiger partial charge >= 0.3 is 12.0 Å². The Balaban J connectivity index is 3.97. The van der Waals surface area contributed by atoms with E-state index in [0.717, 1.165) is 0 Å². The van der Waals surface area contributed by atoms with Crippen LogP contribution in [0.1, 0.15) is 19.8 Å². The third-order valence-electron chi connectivity index (χ3n) is 1.53. The molecule has 78 valence electrons. The topological polar surface area (TPSA) is 78.4 Å². The molecule has 5 nitrogen and oxygen atoms in total. The molecular formula is C9H14N2O3. The van der Waals surface area contributed by atoms with E-state index in [9.17, 15) is 9.59 Å². The number of carboxylic acid groups (broad SMARTS) is 1. The van der Waals surface area contributed by atoms with Crippen LogP contribution in [0.2, 0.25) is 0 Å². The molecule has 0 aromatic heterocycles. The summed E-state index contributed by atoms with van der Waals surface area (Å²) in [5.74, 6) is 1.17. The zero-order valence-electron chi connectivity index (χ0n) is 8.04. The van der Waals surface area contributed by atoms with Crippen LogP contribution in [-0.4, -0.2) is 29.7 Å². The molecule has 0 rings (SSSR count). The molecule has 0 saturated heterocycles. The van der Waals surface area contributed by atoms with Crippen LogP contribution in [0.5, 0.6) is 0 Å². The minimum Gasteiger partial charge on any atom is -0.480 e. The van der Waals surface area contributed by atoms with Gasteiger partial charge in [0.2, 0.25) is 0 Å². The molecule has 0 aliphatic rings. The van der Waals surface area contributed by atoms with Gasteiger partial charge in [0.05, 0.1) is 6.54 Å². The quantitative estimate of drug-likeness (QED) is 0.551. The van der Waals surface area contributed by atoms with Gasteiger partial charge < -0.3 is 15.7 Å². The van der Waals surface area contributed by atoms with Crippen molar-refractivity contribution in [1.82, 2.24) is 10.6 Å². The summed E-state index contributed by atoms with van der Waals surface area (Å²) in [6, 6.07) is -1.40. The second kappa shape index (κ2) is 6.78. The molecule has 0 unspecified atom stereocenters. The Morgan fingerprint density at radius 3 is 2.64 bits per heavy atom. The van der Waals surface area contributed by atoms with E-state index < -0.39 is 18.0 Å². The summed E-state index contributed by atoms with van der Waals surface area (Å²) in [4.78, 5) is 21.6. The van der Waals surface area contributed by atoms with Crippen LogP contribution in [0.4, 0.5) is 4.79 Å². The third kappa shape index (κ3) is 5.04. The average Bonchev–Trinajstić information content (AvgIpc) is 2.14. The van der Waals surface area contributed by atoms with Crippen LogP contribution >= 0.6 is 0 Å². The Hall–Kier alpha value is -1.70. The summed E-state index contributed by atoms with van der Waals surface area (Å²) in [5.41, 5.74) is 0. The summed E-state index contributed by atoms with van der Waals surface area (Å²) in [7, 11) is 0. The van der Waals surface area contributed by atoms with Gasteiger partial charge in [-0.25, -0.2) is 9.59 Å². The molecule has 14 heavy (non-hydrogen) atoms. The maximum Gasteiger partial charge on any atom is 0.326 e. The molecule has 0 heterocycles. The zero-order valence-corrected chi connectivity index (χ0v) is 8.04. The minimum absolute atomic E-state index is 0.0876. The molecule has 1 atom stereocenters. The van der Waals surface area contributed by atoms with E-state index >= 15 is 0 Å². The van der Waals surface area contributed by atoms with E-state index in [4.69, 9.17) is 11.5 Å². The van der Waals surface area contributed by atoms with E-state index in [2.05, 4.69) is 16.6 Å². The Morgan fingerprint density at radius 1 is 1.57 bits per heavy atom. The maximum absolute atomic E-state index is 11.0.